The molecule has 5 rings (SSSR count). The molecule has 1 amide bonds. The van der Waals surface area contributed by atoms with E-state index in [0.29, 0.717) is 18.1 Å². The second-order valence-electron chi connectivity index (χ2n) is 7.23. The first-order valence-corrected chi connectivity index (χ1v) is 8.83. The molecule has 2 atom stereocenters. The fourth-order valence-electron chi connectivity index (χ4n) is 4.88. The van der Waals surface area contributed by atoms with Gasteiger partial charge in [-0.15, -0.1) is 0 Å². The van der Waals surface area contributed by atoms with E-state index in [2.05, 4.69) is 22.9 Å². The zero-order valence-corrected chi connectivity index (χ0v) is 14.0. The molecule has 2 unspecified atom stereocenters. The van der Waals surface area contributed by atoms with E-state index in [-0.39, 0.29) is 6.03 Å². The highest BCUT2D eigenvalue weighted by Gasteiger charge is 2.43. The largest absolute Gasteiger partial charge is 0.329 e. The number of carbonyl (C=O) groups excluding carboxylic acids is 1. The highest BCUT2D eigenvalue weighted by molar-refractivity contribution is 6.35. The summed E-state index contributed by atoms with van der Waals surface area (Å²) in [5, 5.41) is 1.71. The molecule has 5 heteroatoms. The minimum atomic E-state index is 0.131. The number of aromatic nitrogens is 1. The summed E-state index contributed by atoms with van der Waals surface area (Å²) in [5.74, 6) is 0. The number of hydrogen-bond acceptors (Lipinski definition) is 2. The van der Waals surface area contributed by atoms with Crippen LogP contribution in [-0.2, 0) is 6.54 Å². The van der Waals surface area contributed by atoms with E-state index in [1.807, 2.05) is 22.8 Å². The molecule has 1 aromatic carbocycles. The average Bonchev–Trinajstić information content (AvgIpc) is 3.10. The van der Waals surface area contributed by atoms with Crippen LogP contribution >= 0.6 is 11.6 Å². The number of rotatable bonds is 1. The fraction of sp³-hybridized carbons (Fsp3) is 0.500. The second kappa shape index (κ2) is 4.74. The molecule has 1 aromatic heterocycles. The van der Waals surface area contributed by atoms with Crippen LogP contribution in [0.15, 0.2) is 24.3 Å². The molecule has 4 heterocycles. The van der Waals surface area contributed by atoms with Crippen molar-refractivity contribution in [1.29, 1.82) is 0 Å². The average molecular weight is 330 g/mol. The maximum atomic E-state index is 13.0. The molecule has 120 valence electrons. The third-order valence-corrected chi connectivity index (χ3v) is 6.48. The van der Waals surface area contributed by atoms with Crippen molar-refractivity contribution < 1.29 is 4.79 Å². The van der Waals surface area contributed by atoms with Gasteiger partial charge in [0.2, 0.25) is 0 Å². The summed E-state index contributed by atoms with van der Waals surface area (Å²) in [6.45, 7) is 0.720. The number of fused-ring (bicyclic) bond motifs is 5. The molecule has 2 saturated heterocycles. The standard InChI is InChI=1S/C18H20ClN3O/c1-20-11-5-6-12(20)8-13(7-11)21-10-14-9-15-16(19)3-2-4-17(15)22(14)18(21)23/h2-4,9,11-13H,5-8,10H2,1H3. The van der Waals surface area contributed by atoms with Gasteiger partial charge < -0.3 is 9.80 Å². The van der Waals surface area contributed by atoms with Crippen molar-refractivity contribution in [3.05, 3.63) is 35.0 Å². The summed E-state index contributed by atoms with van der Waals surface area (Å²) < 4.78 is 1.86. The van der Waals surface area contributed by atoms with Crippen LogP contribution in [0.3, 0.4) is 0 Å². The van der Waals surface area contributed by atoms with Gasteiger partial charge in [-0.25, -0.2) is 4.79 Å². The molecule has 0 saturated carbocycles. The van der Waals surface area contributed by atoms with Crippen molar-refractivity contribution in [3.63, 3.8) is 0 Å². The molecule has 0 radical (unpaired) electrons. The third-order valence-electron chi connectivity index (χ3n) is 6.15. The number of hydrogen-bond donors (Lipinski definition) is 0. The maximum Gasteiger partial charge on any atom is 0.329 e. The lowest BCUT2D eigenvalue weighted by molar-refractivity contribution is 0.0944. The number of amides is 1. The minimum Gasteiger partial charge on any atom is -0.315 e. The van der Waals surface area contributed by atoms with Gasteiger partial charge in [-0.05, 0) is 50.9 Å². The Hall–Kier alpha value is -1.52. The number of benzene rings is 1. The fourth-order valence-corrected chi connectivity index (χ4v) is 5.11. The van der Waals surface area contributed by atoms with Crippen molar-refractivity contribution in [2.75, 3.05) is 7.05 Å². The SMILES string of the molecule is CN1C2CCC1CC(N1Cc3cc4c(Cl)cccc4n3C1=O)C2. The minimum absolute atomic E-state index is 0.131. The lowest BCUT2D eigenvalue weighted by Gasteiger charge is -2.40. The summed E-state index contributed by atoms with van der Waals surface area (Å²) in [5.41, 5.74) is 2.01. The molecule has 23 heavy (non-hydrogen) atoms. The zero-order valence-electron chi connectivity index (χ0n) is 13.2. The smallest absolute Gasteiger partial charge is 0.315 e. The predicted molar refractivity (Wildman–Crippen MR) is 90.9 cm³/mol. The number of piperidine rings is 1. The van der Waals surface area contributed by atoms with Crippen LogP contribution in [0.5, 0.6) is 0 Å². The van der Waals surface area contributed by atoms with Gasteiger partial charge in [-0.1, -0.05) is 17.7 Å². The van der Waals surface area contributed by atoms with Crippen LogP contribution in [0, 0.1) is 0 Å². The summed E-state index contributed by atoms with van der Waals surface area (Å²) >= 11 is 6.27. The highest BCUT2D eigenvalue weighted by Crippen LogP contribution is 2.39. The molecule has 4 nitrogen and oxygen atoms in total. The van der Waals surface area contributed by atoms with E-state index in [1.165, 1.54) is 12.8 Å². The summed E-state index contributed by atoms with van der Waals surface area (Å²) in [6, 6.07) is 9.69. The van der Waals surface area contributed by atoms with E-state index >= 15 is 0 Å². The molecular weight excluding hydrogens is 310 g/mol. The highest BCUT2D eigenvalue weighted by atomic mass is 35.5. The molecule has 2 fully saturated rings. The van der Waals surface area contributed by atoms with Gasteiger partial charge in [-0.3, -0.25) is 4.57 Å². The van der Waals surface area contributed by atoms with Crippen molar-refractivity contribution in [1.82, 2.24) is 14.4 Å². The van der Waals surface area contributed by atoms with Crippen molar-refractivity contribution >= 4 is 28.5 Å². The van der Waals surface area contributed by atoms with Gasteiger partial charge in [0.15, 0.2) is 0 Å². The van der Waals surface area contributed by atoms with Crippen LogP contribution in [0.1, 0.15) is 31.4 Å². The molecule has 2 bridgehead atoms. The van der Waals surface area contributed by atoms with E-state index in [4.69, 9.17) is 11.6 Å². The molecule has 2 aromatic rings. The maximum absolute atomic E-state index is 13.0. The Kier molecular flexibility index (Phi) is 2.86. The molecule has 3 aliphatic rings. The van der Waals surface area contributed by atoms with Gasteiger partial charge in [0.25, 0.3) is 0 Å². The number of halogens is 1. The second-order valence-corrected chi connectivity index (χ2v) is 7.64. The van der Waals surface area contributed by atoms with E-state index < -0.39 is 0 Å². The number of nitrogens with zero attached hydrogens (tertiary/aromatic N) is 3. The van der Waals surface area contributed by atoms with Gasteiger partial charge in [-0.2, -0.15) is 0 Å². The van der Waals surface area contributed by atoms with Crippen LogP contribution in [0.4, 0.5) is 4.79 Å². The number of carbonyl (C=O) groups is 1. The van der Waals surface area contributed by atoms with Crippen molar-refractivity contribution in [2.45, 2.75) is 50.4 Å². The lowest BCUT2D eigenvalue weighted by atomic mass is 9.97. The third kappa shape index (κ3) is 1.85. The topological polar surface area (TPSA) is 28.5 Å². The summed E-state index contributed by atoms with van der Waals surface area (Å²) in [7, 11) is 2.24. The van der Waals surface area contributed by atoms with Crippen LogP contribution < -0.4 is 0 Å². The van der Waals surface area contributed by atoms with Gasteiger partial charge in [0, 0.05) is 34.2 Å². The van der Waals surface area contributed by atoms with E-state index in [9.17, 15) is 4.79 Å². The molecule has 0 aliphatic carbocycles. The Morgan fingerprint density at radius 1 is 1.13 bits per heavy atom. The molecule has 0 spiro atoms. The van der Waals surface area contributed by atoms with Gasteiger partial charge in [0.1, 0.15) is 0 Å². The Morgan fingerprint density at radius 3 is 2.61 bits per heavy atom. The lowest BCUT2D eigenvalue weighted by Crippen LogP contribution is -2.49. The Morgan fingerprint density at radius 2 is 1.87 bits per heavy atom. The molecule has 3 aliphatic heterocycles. The van der Waals surface area contributed by atoms with Crippen LogP contribution in [0.2, 0.25) is 5.02 Å². The normalized spacial score (nSPS) is 30.4. The van der Waals surface area contributed by atoms with Crippen molar-refractivity contribution in [3.8, 4) is 0 Å². The molecule has 0 N–H and O–H groups in total. The van der Waals surface area contributed by atoms with Gasteiger partial charge >= 0.3 is 6.03 Å². The van der Waals surface area contributed by atoms with Gasteiger partial charge in [0.05, 0.1) is 12.1 Å². The predicted octanol–water partition coefficient (Wildman–Crippen LogP) is 3.70. The van der Waals surface area contributed by atoms with Crippen LogP contribution in [0.25, 0.3) is 10.9 Å². The van der Waals surface area contributed by atoms with E-state index in [1.54, 1.807) is 0 Å². The first-order valence-electron chi connectivity index (χ1n) is 8.45. The molecular formula is C18H20ClN3O. The van der Waals surface area contributed by atoms with Crippen LogP contribution in [-0.4, -0.2) is 45.6 Å². The summed E-state index contributed by atoms with van der Waals surface area (Å²) in [4.78, 5) is 17.6. The quantitative estimate of drug-likeness (QED) is 0.798. The zero-order chi connectivity index (χ0) is 15.7. The Bertz CT molecular complexity index is 800. The Balaban J connectivity index is 1.49. The van der Waals surface area contributed by atoms with Crippen molar-refractivity contribution in [2.24, 2.45) is 0 Å². The first-order chi connectivity index (χ1) is 11.1. The monoisotopic (exact) mass is 329 g/mol. The Labute approximate surface area is 140 Å². The summed E-state index contributed by atoms with van der Waals surface area (Å²) in [6.07, 6.45) is 4.79. The first kappa shape index (κ1) is 13.9. The van der Waals surface area contributed by atoms with E-state index in [0.717, 1.165) is 41.0 Å².